The third kappa shape index (κ3) is 4.60. The van der Waals surface area contributed by atoms with E-state index in [0.717, 1.165) is 16.9 Å². The summed E-state index contributed by atoms with van der Waals surface area (Å²) < 4.78 is 12.2. The molecule has 0 N–H and O–H groups in total. The highest BCUT2D eigenvalue weighted by atomic mass is 35.5. The van der Waals surface area contributed by atoms with Gasteiger partial charge in [0.2, 0.25) is 0 Å². The third-order valence-electron chi connectivity index (χ3n) is 6.28. The van der Waals surface area contributed by atoms with Crippen molar-refractivity contribution in [2.45, 2.75) is 51.6 Å². The highest BCUT2D eigenvalue weighted by Gasteiger charge is 2.44. The molecule has 0 aromatic heterocycles. The van der Waals surface area contributed by atoms with Gasteiger partial charge in [0.15, 0.2) is 12.4 Å². The molecule has 2 aliphatic rings. The minimum absolute atomic E-state index is 0.0108. The van der Waals surface area contributed by atoms with E-state index in [1.165, 1.54) is 0 Å². The molecule has 4 rings (SSSR count). The van der Waals surface area contributed by atoms with E-state index in [-0.39, 0.29) is 24.7 Å². The van der Waals surface area contributed by atoms with Crippen LogP contribution < -0.4 is 9.47 Å². The van der Waals surface area contributed by atoms with Crippen molar-refractivity contribution in [2.24, 2.45) is 0 Å². The maximum absolute atomic E-state index is 12.8. The third-order valence-corrected chi connectivity index (χ3v) is 6.78. The topological polar surface area (TPSA) is 55.8 Å². The smallest absolute Gasteiger partial charge is 0.260 e. The van der Waals surface area contributed by atoms with Gasteiger partial charge in [0.1, 0.15) is 17.1 Å². The lowest BCUT2D eigenvalue weighted by atomic mass is 9.82. The van der Waals surface area contributed by atoms with E-state index in [9.17, 15) is 9.59 Å². The molecule has 1 amide bonds. The largest absolute Gasteiger partial charge is 0.484 e. The van der Waals surface area contributed by atoms with Gasteiger partial charge in [-0.2, -0.15) is 0 Å². The summed E-state index contributed by atoms with van der Waals surface area (Å²) in [4.78, 5) is 27.4. The van der Waals surface area contributed by atoms with Crippen LogP contribution in [0.3, 0.4) is 0 Å². The number of Topliss-reactive ketones (excluding diaryl/α,β-unsaturated/α-hetero) is 1. The molecular weight excluding hydrogens is 449 g/mol. The zero-order valence-electron chi connectivity index (χ0n) is 18.5. The lowest BCUT2D eigenvalue weighted by molar-refractivity contribution is -0.136. The Morgan fingerprint density at radius 3 is 2.59 bits per heavy atom. The Bertz CT molecular complexity index is 1060. The molecule has 1 saturated heterocycles. The summed E-state index contributed by atoms with van der Waals surface area (Å²) in [5.41, 5.74) is 1.97. The number of carbonyl (C=O) groups excluding carboxylic acids is 2. The molecule has 1 fully saturated rings. The number of fused-ring (bicyclic) bond motifs is 1. The molecule has 2 aliphatic heterocycles. The monoisotopic (exact) mass is 475 g/mol. The van der Waals surface area contributed by atoms with E-state index in [1.54, 1.807) is 17.0 Å². The average Bonchev–Trinajstić information content (AvgIpc) is 2.73. The van der Waals surface area contributed by atoms with Crippen molar-refractivity contribution >= 4 is 34.9 Å². The second-order valence-electron chi connectivity index (χ2n) is 9.01. The van der Waals surface area contributed by atoms with Gasteiger partial charge in [0.25, 0.3) is 5.91 Å². The number of halogens is 2. The van der Waals surface area contributed by atoms with Crippen LogP contribution in [0, 0.1) is 6.92 Å². The Balaban J connectivity index is 1.39. The Hall–Kier alpha value is -2.24. The van der Waals surface area contributed by atoms with E-state index >= 15 is 0 Å². The number of likely N-dealkylation sites (tertiary alicyclic amines) is 1. The number of benzene rings is 2. The molecule has 0 bridgehead atoms. The molecule has 32 heavy (non-hydrogen) atoms. The highest BCUT2D eigenvalue weighted by Crippen LogP contribution is 2.44. The Morgan fingerprint density at radius 2 is 1.91 bits per heavy atom. The molecule has 2 aromatic carbocycles. The zero-order chi connectivity index (χ0) is 23.0. The minimum Gasteiger partial charge on any atom is -0.484 e. The summed E-state index contributed by atoms with van der Waals surface area (Å²) in [5, 5.41) is 0.752. The quantitative estimate of drug-likeness (QED) is 0.557. The fourth-order valence-electron chi connectivity index (χ4n) is 4.43. The maximum Gasteiger partial charge on any atom is 0.260 e. The van der Waals surface area contributed by atoms with Crippen LogP contribution in [0.25, 0.3) is 0 Å². The molecule has 5 nitrogen and oxygen atoms in total. The van der Waals surface area contributed by atoms with Crippen molar-refractivity contribution < 1.29 is 19.1 Å². The number of ketones is 1. The molecular formula is C25H27Cl2NO4. The predicted molar refractivity (Wildman–Crippen MR) is 125 cm³/mol. The molecule has 1 spiro atoms. The Morgan fingerprint density at radius 1 is 1.19 bits per heavy atom. The number of hydrogen-bond acceptors (Lipinski definition) is 4. The van der Waals surface area contributed by atoms with Gasteiger partial charge in [-0.05, 0) is 42.2 Å². The van der Waals surface area contributed by atoms with Crippen molar-refractivity contribution in [2.75, 3.05) is 19.7 Å². The average molecular weight is 476 g/mol. The van der Waals surface area contributed by atoms with Crippen LogP contribution in [0.4, 0.5) is 0 Å². The summed E-state index contributed by atoms with van der Waals surface area (Å²) in [6, 6.07) is 9.27. The summed E-state index contributed by atoms with van der Waals surface area (Å²) in [6.45, 7) is 7.21. The van der Waals surface area contributed by atoms with Gasteiger partial charge >= 0.3 is 0 Å². The van der Waals surface area contributed by atoms with Gasteiger partial charge in [0, 0.05) is 31.0 Å². The molecule has 0 radical (unpaired) electrons. The molecule has 2 heterocycles. The van der Waals surface area contributed by atoms with E-state index in [4.69, 9.17) is 32.7 Å². The van der Waals surface area contributed by atoms with Gasteiger partial charge in [-0.3, -0.25) is 9.59 Å². The second kappa shape index (κ2) is 8.95. The normalized spacial score (nSPS) is 17.3. The van der Waals surface area contributed by atoms with Crippen molar-refractivity contribution in [3.63, 3.8) is 0 Å². The fourth-order valence-corrected chi connectivity index (χ4v) is 4.96. The van der Waals surface area contributed by atoms with Crippen LogP contribution in [0.15, 0.2) is 30.3 Å². The number of amides is 1. The highest BCUT2D eigenvalue weighted by molar-refractivity contribution is 6.36. The SMILES string of the molecule is Cc1ccc(C(C)C)c(OCC(=O)N2CCC3(CC2)CC(=O)c2cc(Cl)cc(Cl)c2O3)c1. The number of aryl methyl sites for hydroxylation is 1. The predicted octanol–water partition coefficient (Wildman–Crippen LogP) is 5.83. The molecule has 170 valence electrons. The molecule has 7 heteroatoms. The van der Waals surface area contributed by atoms with E-state index in [1.807, 2.05) is 13.0 Å². The molecule has 0 aliphatic carbocycles. The first kappa shape index (κ1) is 22.9. The van der Waals surface area contributed by atoms with Gasteiger partial charge in [0.05, 0.1) is 17.0 Å². The Kier molecular flexibility index (Phi) is 6.42. The molecule has 0 atom stereocenters. The first-order valence-corrected chi connectivity index (χ1v) is 11.7. The number of ether oxygens (including phenoxy) is 2. The zero-order valence-corrected chi connectivity index (χ0v) is 20.1. The van der Waals surface area contributed by atoms with Gasteiger partial charge in [-0.15, -0.1) is 0 Å². The molecule has 0 saturated carbocycles. The van der Waals surface area contributed by atoms with Crippen LogP contribution in [-0.4, -0.2) is 41.9 Å². The standard InChI is InChI=1S/C25H27Cl2NO4/c1-15(2)18-5-4-16(3)10-22(18)31-14-23(30)28-8-6-25(7-9-28)13-21(29)19-11-17(26)12-20(27)24(19)32-25/h4-5,10-12,15H,6-9,13-14H2,1-3H3. The number of rotatable bonds is 4. The van der Waals surface area contributed by atoms with Crippen molar-refractivity contribution in [3.05, 3.63) is 57.1 Å². The van der Waals surface area contributed by atoms with E-state index < -0.39 is 5.60 Å². The first-order chi connectivity index (χ1) is 15.2. The lowest BCUT2D eigenvalue weighted by Gasteiger charge is -2.44. The summed E-state index contributed by atoms with van der Waals surface area (Å²) in [6.07, 6.45) is 1.38. The van der Waals surface area contributed by atoms with Crippen molar-refractivity contribution in [3.8, 4) is 11.5 Å². The number of carbonyl (C=O) groups is 2. The van der Waals surface area contributed by atoms with Gasteiger partial charge < -0.3 is 14.4 Å². The molecule has 0 unspecified atom stereocenters. The van der Waals surface area contributed by atoms with Crippen molar-refractivity contribution in [1.29, 1.82) is 0 Å². The number of piperidine rings is 1. The number of hydrogen-bond donors (Lipinski definition) is 0. The van der Waals surface area contributed by atoms with Gasteiger partial charge in [-0.1, -0.05) is 49.2 Å². The van der Waals surface area contributed by atoms with Crippen molar-refractivity contribution in [1.82, 2.24) is 4.90 Å². The fraction of sp³-hybridized carbons (Fsp3) is 0.440. The second-order valence-corrected chi connectivity index (χ2v) is 9.86. The minimum atomic E-state index is -0.638. The lowest BCUT2D eigenvalue weighted by Crippen LogP contribution is -2.53. The summed E-state index contributed by atoms with van der Waals surface area (Å²) in [5.74, 6) is 1.37. The molecule has 2 aromatic rings. The number of nitrogens with zero attached hydrogens (tertiary/aromatic N) is 1. The van der Waals surface area contributed by atoms with E-state index in [0.29, 0.717) is 53.2 Å². The van der Waals surface area contributed by atoms with Gasteiger partial charge in [-0.25, -0.2) is 0 Å². The van der Waals surface area contributed by atoms with Crippen LogP contribution in [0.5, 0.6) is 11.5 Å². The van der Waals surface area contributed by atoms with Crippen LogP contribution >= 0.6 is 23.2 Å². The maximum atomic E-state index is 12.8. The van der Waals surface area contributed by atoms with Crippen LogP contribution in [0.2, 0.25) is 10.0 Å². The van der Waals surface area contributed by atoms with E-state index in [2.05, 4.69) is 26.0 Å². The Labute approximate surface area is 198 Å². The van der Waals surface area contributed by atoms with Crippen LogP contribution in [-0.2, 0) is 4.79 Å². The first-order valence-electron chi connectivity index (χ1n) is 10.9. The summed E-state index contributed by atoms with van der Waals surface area (Å²) >= 11 is 12.3. The van der Waals surface area contributed by atoms with Crippen LogP contribution in [0.1, 0.15) is 60.5 Å². The summed E-state index contributed by atoms with van der Waals surface area (Å²) in [7, 11) is 0.